The molecule has 0 aromatic carbocycles. The van der Waals surface area contributed by atoms with Gasteiger partial charge >= 0.3 is 0 Å². The van der Waals surface area contributed by atoms with Crippen LogP contribution in [-0.2, 0) is 11.8 Å². The highest BCUT2D eigenvalue weighted by Crippen LogP contribution is 2.29. The van der Waals surface area contributed by atoms with Gasteiger partial charge in [0, 0.05) is 57.5 Å². The average molecular weight is 394 g/mol. The van der Waals surface area contributed by atoms with Crippen LogP contribution in [0.15, 0.2) is 30.9 Å². The number of carbonyl (C=O) groups is 1. The molecule has 0 spiro atoms. The maximum atomic E-state index is 13.0. The molecule has 3 aromatic heterocycles. The summed E-state index contributed by atoms with van der Waals surface area (Å²) in [5.74, 6) is 2.96. The summed E-state index contributed by atoms with van der Waals surface area (Å²) < 4.78 is 3.79. The van der Waals surface area contributed by atoms with Gasteiger partial charge in [0.25, 0.3) is 0 Å². The van der Waals surface area contributed by atoms with Gasteiger partial charge in [0.2, 0.25) is 5.91 Å². The number of nitrogens with zero attached hydrogens (tertiary/aromatic N) is 8. The van der Waals surface area contributed by atoms with Gasteiger partial charge in [-0.25, -0.2) is 4.98 Å². The van der Waals surface area contributed by atoms with E-state index < -0.39 is 0 Å². The van der Waals surface area contributed by atoms with Crippen molar-refractivity contribution in [2.75, 3.05) is 31.1 Å². The van der Waals surface area contributed by atoms with Gasteiger partial charge in [-0.05, 0) is 37.8 Å². The second-order valence-corrected chi connectivity index (χ2v) is 8.08. The van der Waals surface area contributed by atoms with E-state index in [9.17, 15) is 4.79 Å². The number of amides is 1. The molecular formula is C20H26N8O. The zero-order valence-electron chi connectivity index (χ0n) is 16.7. The predicted octanol–water partition coefficient (Wildman–Crippen LogP) is 1.48. The summed E-state index contributed by atoms with van der Waals surface area (Å²) in [6.07, 6.45) is 9.22. The third-order valence-electron chi connectivity index (χ3n) is 6.35. The van der Waals surface area contributed by atoms with Crippen LogP contribution in [0.4, 0.5) is 5.82 Å². The smallest absolute Gasteiger partial charge is 0.225 e. The number of aryl methyl sites for hydroxylation is 1. The number of hydrogen-bond acceptors (Lipinski definition) is 6. The molecule has 0 N–H and O–H groups in total. The summed E-state index contributed by atoms with van der Waals surface area (Å²) in [6.45, 7) is 3.37. The molecule has 9 heteroatoms. The van der Waals surface area contributed by atoms with Crippen molar-refractivity contribution < 1.29 is 4.79 Å². The number of piperidine rings is 2. The summed E-state index contributed by atoms with van der Waals surface area (Å²) >= 11 is 0. The van der Waals surface area contributed by atoms with E-state index >= 15 is 0 Å². The van der Waals surface area contributed by atoms with Gasteiger partial charge in [0.05, 0.1) is 0 Å². The Labute approximate surface area is 169 Å². The van der Waals surface area contributed by atoms with Crippen molar-refractivity contribution in [1.29, 1.82) is 0 Å². The summed E-state index contributed by atoms with van der Waals surface area (Å²) in [7, 11) is 2.05. The molecule has 2 aliphatic heterocycles. The fourth-order valence-electron chi connectivity index (χ4n) is 4.63. The Kier molecular flexibility index (Phi) is 4.65. The van der Waals surface area contributed by atoms with E-state index in [1.165, 1.54) is 0 Å². The van der Waals surface area contributed by atoms with Crippen molar-refractivity contribution in [3.05, 3.63) is 36.7 Å². The molecule has 0 bridgehead atoms. The van der Waals surface area contributed by atoms with Gasteiger partial charge < -0.3 is 14.4 Å². The average Bonchev–Trinajstić information content (AvgIpc) is 3.41. The minimum atomic E-state index is 0.120. The van der Waals surface area contributed by atoms with Crippen molar-refractivity contribution in [3.8, 4) is 0 Å². The van der Waals surface area contributed by atoms with E-state index in [0.29, 0.717) is 11.8 Å². The van der Waals surface area contributed by atoms with Crippen molar-refractivity contribution in [1.82, 2.24) is 34.3 Å². The number of likely N-dealkylation sites (tertiary alicyclic amines) is 1. The molecule has 0 saturated carbocycles. The summed E-state index contributed by atoms with van der Waals surface area (Å²) in [5, 5.41) is 12.4. The first-order chi connectivity index (χ1) is 14.2. The molecule has 5 rings (SSSR count). The largest absolute Gasteiger partial charge is 0.355 e. The Hall–Kier alpha value is -2.97. The van der Waals surface area contributed by atoms with Crippen LogP contribution in [0.1, 0.15) is 37.4 Å². The van der Waals surface area contributed by atoms with Crippen LogP contribution in [0.2, 0.25) is 0 Å². The van der Waals surface area contributed by atoms with Crippen LogP contribution in [0.25, 0.3) is 5.65 Å². The van der Waals surface area contributed by atoms with E-state index in [-0.39, 0.29) is 5.92 Å². The normalized spacial score (nSPS) is 19.2. The second-order valence-electron chi connectivity index (χ2n) is 8.08. The lowest BCUT2D eigenvalue weighted by molar-refractivity contribution is -0.137. The molecule has 5 heterocycles. The summed E-state index contributed by atoms with van der Waals surface area (Å²) in [5.41, 5.74) is 0.743. The Balaban J connectivity index is 1.16. The molecule has 0 aliphatic carbocycles. The highest BCUT2D eigenvalue weighted by Gasteiger charge is 2.32. The van der Waals surface area contributed by atoms with Crippen LogP contribution in [0, 0.1) is 5.92 Å². The second kappa shape index (κ2) is 7.46. The van der Waals surface area contributed by atoms with Gasteiger partial charge in [0.1, 0.15) is 18.0 Å². The highest BCUT2D eigenvalue weighted by molar-refractivity contribution is 5.79. The third-order valence-corrected chi connectivity index (χ3v) is 6.35. The number of rotatable bonds is 3. The molecule has 152 valence electrons. The number of anilines is 1. The van der Waals surface area contributed by atoms with Crippen molar-refractivity contribution in [2.24, 2.45) is 13.0 Å². The summed E-state index contributed by atoms with van der Waals surface area (Å²) in [6, 6.07) is 3.91. The lowest BCUT2D eigenvalue weighted by Crippen LogP contribution is -2.45. The van der Waals surface area contributed by atoms with Crippen LogP contribution >= 0.6 is 0 Å². The maximum Gasteiger partial charge on any atom is 0.225 e. The Morgan fingerprint density at radius 3 is 2.59 bits per heavy atom. The minimum Gasteiger partial charge on any atom is -0.355 e. The standard InChI is InChI=1S/C20H26N8O/c1-25-13-8-21-19(25)15-4-11-27(12-5-15)20(29)16-6-9-26(10-7-16)18-3-2-17-23-22-14-28(17)24-18/h2-3,8,13-16H,4-7,9-12H2,1H3. The van der Waals surface area contributed by atoms with Crippen LogP contribution in [-0.4, -0.2) is 66.3 Å². The number of aromatic nitrogens is 6. The molecule has 0 unspecified atom stereocenters. The molecule has 29 heavy (non-hydrogen) atoms. The maximum absolute atomic E-state index is 13.0. The Bertz CT molecular complexity index is 995. The molecule has 0 radical (unpaired) electrons. The number of imidazole rings is 1. The zero-order valence-corrected chi connectivity index (χ0v) is 16.7. The van der Waals surface area contributed by atoms with E-state index in [0.717, 1.165) is 69.2 Å². The molecule has 3 aromatic rings. The predicted molar refractivity (Wildman–Crippen MR) is 107 cm³/mol. The Morgan fingerprint density at radius 2 is 1.86 bits per heavy atom. The van der Waals surface area contributed by atoms with E-state index in [1.807, 2.05) is 31.6 Å². The Morgan fingerprint density at radius 1 is 1.07 bits per heavy atom. The zero-order chi connectivity index (χ0) is 19.8. The first kappa shape index (κ1) is 18.1. The molecule has 0 atom stereocenters. The summed E-state index contributed by atoms with van der Waals surface area (Å²) in [4.78, 5) is 21.9. The van der Waals surface area contributed by atoms with Gasteiger partial charge in [-0.2, -0.15) is 4.52 Å². The van der Waals surface area contributed by atoms with E-state index in [2.05, 4.69) is 34.6 Å². The topological polar surface area (TPSA) is 84.5 Å². The highest BCUT2D eigenvalue weighted by atomic mass is 16.2. The lowest BCUT2D eigenvalue weighted by Gasteiger charge is -2.37. The first-order valence-electron chi connectivity index (χ1n) is 10.4. The molecule has 2 saturated heterocycles. The third kappa shape index (κ3) is 3.45. The van der Waals surface area contributed by atoms with Crippen molar-refractivity contribution >= 4 is 17.4 Å². The van der Waals surface area contributed by atoms with Crippen LogP contribution in [0.3, 0.4) is 0 Å². The lowest BCUT2D eigenvalue weighted by atomic mass is 9.91. The number of carbonyl (C=O) groups excluding carboxylic acids is 1. The van der Waals surface area contributed by atoms with Gasteiger partial charge in [0.15, 0.2) is 5.65 Å². The van der Waals surface area contributed by atoms with Gasteiger partial charge in [-0.1, -0.05) is 0 Å². The SMILES string of the molecule is Cn1ccnc1C1CCN(C(=O)C2CCN(c3ccc4nncn4n3)CC2)CC1. The molecule has 2 aliphatic rings. The monoisotopic (exact) mass is 394 g/mol. The first-order valence-corrected chi connectivity index (χ1v) is 10.4. The minimum absolute atomic E-state index is 0.120. The molecule has 2 fully saturated rings. The quantitative estimate of drug-likeness (QED) is 0.669. The van der Waals surface area contributed by atoms with Crippen LogP contribution < -0.4 is 4.90 Å². The van der Waals surface area contributed by atoms with Crippen LogP contribution in [0.5, 0.6) is 0 Å². The van der Waals surface area contributed by atoms with Crippen molar-refractivity contribution in [3.63, 3.8) is 0 Å². The fourth-order valence-corrected chi connectivity index (χ4v) is 4.63. The number of fused-ring (bicyclic) bond motifs is 1. The number of hydrogen-bond donors (Lipinski definition) is 0. The molecule has 9 nitrogen and oxygen atoms in total. The molecule has 1 amide bonds. The fraction of sp³-hybridized carbons (Fsp3) is 0.550. The molecular weight excluding hydrogens is 368 g/mol. The van der Waals surface area contributed by atoms with Crippen molar-refractivity contribution in [2.45, 2.75) is 31.6 Å². The van der Waals surface area contributed by atoms with Gasteiger partial charge in [-0.3, -0.25) is 4.79 Å². The van der Waals surface area contributed by atoms with E-state index in [4.69, 9.17) is 0 Å². The van der Waals surface area contributed by atoms with E-state index in [1.54, 1.807) is 10.8 Å². The van der Waals surface area contributed by atoms with Gasteiger partial charge in [-0.15, -0.1) is 15.3 Å².